The number of sulfonamides is 1. The van der Waals surface area contributed by atoms with Gasteiger partial charge in [-0.1, -0.05) is 6.07 Å². The van der Waals surface area contributed by atoms with Crippen molar-refractivity contribution in [1.82, 2.24) is 9.71 Å². The van der Waals surface area contributed by atoms with Gasteiger partial charge < -0.3 is 9.64 Å². The maximum Gasteiger partial charge on any atom is 0.241 e. The summed E-state index contributed by atoms with van der Waals surface area (Å²) in [6, 6.07) is 9.80. The highest BCUT2D eigenvalue weighted by atomic mass is 32.2. The van der Waals surface area contributed by atoms with Crippen LogP contribution in [0.15, 0.2) is 47.5 Å². The fourth-order valence-electron chi connectivity index (χ4n) is 2.64. The number of rotatable bonds is 4. The Labute approximate surface area is 146 Å². The first kappa shape index (κ1) is 17.4. The van der Waals surface area contributed by atoms with Gasteiger partial charge in [-0.3, -0.25) is 9.78 Å². The van der Waals surface area contributed by atoms with Crippen molar-refractivity contribution in [3.05, 3.63) is 48.3 Å². The molecule has 2 heterocycles. The largest absolute Gasteiger partial charge is 0.487 e. The van der Waals surface area contributed by atoms with Gasteiger partial charge in [0.2, 0.25) is 15.9 Å². The second-order valence-corrected chi connectivity index (χ2v) is 7.60. The first-order valence-electron chi connectivity index (χ1n) is 7.85. The Kier molecular flexibility index (Phi) is 4.73. The third-order valence-corrected chi connectivity index (χ3v) is 5.25. The molecule has 1 N–H and O–H groups in total. The SMILES string of the molecule is CC(=O)N1CC(C)Oc2ccc(S(=O)(=O)NCc3ccccn3)cc21. The molecule has 1 aliphatic rings. The second kappa shape index (κ2) is 6.81. The van der Waals surface area contributed by atoms with Gasteiger partial charge in [-0.05, 0) is 37.3 Å². The zero-order valence-corrected chi connectivity index (χ0v) is 14.8. The third-order valence-electron chi connectivity index (χ3n) is 3.85. The maximum absolute atomic E-state index is 12.5. The number of hydrogen-bond acceptors (Lipinski definition) is 5. The Bertz CT molecular complexity index is 884. The van der Waals surface area contributed by atoms with E-state index in [0.29, 0.717) is 23.7 Å². The zero-order valence-electron chi connectivity index (χ0n) is 14.0. The smallest absolute Gasteiger partial charge is 0.241 e. The number of benzene rings is 1. The quantitative estimate of drug-likeness (QED) is 0.895. The van der Waals surface area contributed by atoms with Crippen LogP contribution in [0.4, 0.5) is 5.69 Å². The Balaban J connectivity index is 1.87. The minimum atomic E-state index is -3.74. The third kappa shape index (κ3) is 3.80. The molecule has 0 spiro atoms. The highest BCUT2D eigenvalue weighted by molar-refractivity contribution is 7.89. The van der Waals surface area contributed by atoms with Gasteiger partial charge in [-0.25, -0.2) is 13.1 Å². The first-order chi connectivity index (χ1) is 11.9. The number of carbonyl (C=O) groups excluding carboxylic acids is 1. The van der Waals surface area contributed by atoms with Crippen LogP contribution < -0.4 is 14.4 Å². The van der Waals surface area contributed by atoms with Crippen molar-refractivity contribution in [1.29, 1.82) is 0 Å². The molecule has 8 heteroatoms. The molecule has 0 bridgehead atoms. The van der Waals surface area contributed by atoms with Gasteiger partial charge in [0.05, 0.1) is 29.4 Å². The van der Waals surface area contributed by atoms with E-state index in [2.05, 4.69) is 9.71 Å². The van der Waals surface area contributed by atoms with E-state index >= 15 is 0 Å². The van der Waals surface area contributed by atoms with Gasteiger partial charge in [0.1, 0.15) is 11.9 Å². The van der Waals surface area contributed by atoms with Crippen LogP contribution in [-0.2, 0) is 21.4 Å². The number of pyridine rings is 1. The minimum absolute atomic E-state index is 0.0755. The standard InChI is InChI=1S/C17H19N3O4S/c1-12-11-20(13(2)21)16-9-15(6-7-17(16)24-12)25(22,23)19-10-14-5-3-4-8-18-14/h3-9,12,19H,10-11H2,1-2H3. The number of ether oxygens (including phenoxy) is 1. The summed E-state index contributed by atoms with van der Waals surface area (Å²) in [5, 5.41) is 0. The molecule has 0 fully saturated rings. The van der Waals surface area contributed by atoms with E-state index in [1.165, 1.54) is 24.0 Å². The lowest BCUT2D eigenvalue weighted by Gasteiger charge is -2.33. The summed E-state index contributed by atoms with van der Waals surface area (Å²) in [5.74, 6) is 0.338. The molecule has 1 aromatic carbocycles. The molecule has 1 aliphatic heterocycles. The van der Waals surface area contributed by atoms with E-state index in [-0.39, 0.29) is 23.5 Å². The van der Waals surface area contributed by atoms with Gasteiger partial charge in [-0.15, -0.1) is 0 Å². The molecule has 1 amide bonds. The Morgan fingerprint density at radius 2 is 2.16 bits per heavy atom. The number of fused-ring (bicyclic) bond motifs is 1. The number of nitrogens with zero attached hydrogens (tertiary/aromatic N) is 2. The van der Waals surface area contributed by atoms with Crippen molar-refractivity contribution in [2.24, 2.45) is 0 Å². The van der Waals surface area contributed by atoms with E-state index in [9.17, 15) is 13.2 Å². The van der Waals surface area contributed by atoms with Crippen LogP contribution in [0, 0.1) is 0 Å². The average molecular weight is 361 g/mol. The summed E-state index contributed by atoms with van der Waals surface area (Å²) < 4.78 is 33.3. The summed E-state index contributed by atoms with van der Waals surface area (Å²) in [6.45, 7) is 3.78. The molecule has 1 aromatic heterocycles. The van der Waals surface area contributed by atoms with Crippen molar-refractivity contribution in [3.63, 3.8) is 0 Å². The highest BCUT2D eigenvalue weighted by Crippen LogP contribution is 2.35. The van der Waals surface area contributed by atoms with Gasteiger partial charge in [0.15, 0.2) is 0 Å². The molecule has 0 aliphatic carbocycles. The molecular weight excluding hydrogens is 342 g/mol. The van der Waals surface area contributed by atoms with E-state index in [1.54, 1.807) is 30.5 Å². The number of anilines is 1. The summed E-state index contributed by atoms with van der Waals surface area (Å²) in [5.41, 5.74) is 1.08. The molecule has 0 radical (unpaired) electrons. The molecular formula is C17H19N3O4S. The average Bonchev–Trinajstić information content (AvgIpc) is 2.59. The molecule has 3 rings (SSSR count). The van der Waals surface area contributed by atoms with Crippen molar-refractivity contribution in [2.45, 2.75) is 31.4 Å². The molecule has 132 valence electrons. The Morgan fingerprint density at radius 1 is 1.36 bits per heavy atom. The predicted molar refractivity (Wildman–Crippen MR) is 92.8 cm³/mol. The van der Waals surface area contributed by atoms with Crippen LogP contribution in [0.1, 0.15) is 19.5 Å². The number of nitrogens with one attached hydrogen (secondary N) is 1. The van der Waals surface area contributed by atoms with Gasteiger partial charge in [-0.2, -0.15) is 0 Å². The van der Waals surface area contributed by atoms with Crippen molar-refractivity contribution >= 4 is 21.6 Å². The fraction of sp³-hybridized carbons (Fsp3) is 0.294. The van der Waals surface area contributed by atoms with E-state index in [4.69, 9.17) is 4.74 Å². The lowest BCUT2D eigenvalue weighted by Crippen LogP contribution is -2.41. The number of aromatic nitrogens is 1. The Hall–Kier alpha value is -2.45. The van der Waals surface area contributed by atoms with Crippen LogP contribution in [0.2, 0.25) is 0 Å². The number of amides is 1. The molecule has 0 saturated heterocycles. The van der Waals surface area contributed by atoms with Crippen LogP contribution >= 0.6 is 0 Å². The summed E-state index contributed by atoms with van der Waals surface area (Å²) in [6.07, 6.45) is 1.45. The van der Waals surface area contributed by atoms with E-state index < -0.39 is 10.0 Å². The molecule has 7 nitrogen and oxygen atoms in total. The van der Waals surface area contributed by atoms with Crippen molar-refractivity contribution < 1.29 is 17.9 Å². The normalized spacial score (nSPS) is 16.9. The van der Waals surface area contributed by atoms with Crippen LogP contribution in [0.3, 0.4) is 0 Å². The lowest BCUT2D eigenvalue weighted by molar-refractivity contribution is -0.117. The van der Waals surface area contributed by atoms with E-state index in [1.807, 2.05) is 6.92 Å². The summed E-state index contributed by atoms with van der Waals surface area (Å²) in [4.78, 5) is 17.6. The zero-order chi connectivity index (χ0) is 18.0. The first-order valence-corrected chi connectivity index (χ1v) is 9.33. The van der Waals surface area contributed by atoms with Gasteiger partial charge in [0, 0.05) is 13.1 Å². The minimum Gasteiger partial charge on any atom is -0.487 e. The molecule has 1 unspecified atom stereocenters. The van der Waals surface area contributed by atoms with E-state index in [0.717, 1.165) is 0 Å². The monoisotopic (exact) mass is 361 g/mol. The number of carbonyl (C=O) groups is 1. The lowest BCUT2D eigenvalue weighted by atomic mass is 10.2. The second-order valence-electron chi connectivity index (χ2n) is 5.83. The highest BCUT2D eigenvalue weighted by Gasteiger charge is 2.27. The summed E-state index contributed by atoms with van der Waals surface area (Å²) in [7, 11) is -3.74. The van der Waals surface area contributed by atoms with Crippen LogP contribution in [-0.4, -0.2) is 32.0 Å². The Morgan fingerprint density at radius 3 is 2.84 bits per heavy atom. The van der Waals surface area contributed by atoms with Crippen LogP contribution in [0.25, 0.3) is 0 Å². The summed E-state index contributed by atoms with van der Waals surface area (Å²) >= 11 is 0. The topological polar surface area (TPSA) is 88.6 Å². The van der Waals surface area contributed by atoms with Crippen LogP contribution in [0.5, 0.6) is 5.75 Å². The molecule has 2 aromatic rings. The number of hydrogen-bond donors (Lipinski definition) is 1. The van der Waals surface area contributed by atoms with Crippen molar-refractivity contribution in [2.75, 3.05) is 11.4 Å². The molecule has 1 atom stereocenters. The van der Waals surface area contributed by atoms with Gasteiger partial charge in [0.25, 0.3) is 0 Å². The maximum atomic E-state index is 12.5. The van der Waals surface area contributed by atoms with Gasteiger partial charge >= 0.3 is 0 Å². The van der Waals surface area contributed by atoms with Crippen molar-refractivity contribution in [3.8, 4) is 5.75 Å². The fourth-order valence-corrected chi connectivity index (χ4v) is 3.66. The molecule has 25 heavy (non-hydrogen) atoms. The predicted octanol–water partition coefficient (Wildman–Crippen LogP) is 1.69. The molecule has 0 saturated carbocycles.